The molecule has 1 N–H and O–H groups in total. The fourth-order valence-corrected chi connectivity index (χ4v) is 3.01. The standard InChI is InChI=1S/C21H20N4O3/c1-13-19-16(11-17(18-5-4-10-27-18)23-21(19)28-24-13)20(26)22-12-14-6-8-15(9-7-14)25(2)3/h4-11H,12H2,1-3H3,(H,22,26). The number of fused-ring (bicyclic) bond motifs is 1. The normalized spacial score (nSPS) is 11.0. The van der Waals surface area contributed by atoms with Gasteiger partial charge >= 0.3 is 0 Å². The lowest BCUT2D eigenvalue weighted by atomic mass is 10.1. The molecule has 1 amide bonds. The molecule has 142 valence electrons. The van der Waals surface area contributed by atoms with Crippen molar-refractivity contribution in [1.82, 2.24) is 15.5 Å². The fourth-order valence-electron chi connectivity index (χ4n) is 3.01. The number of aromatic nitrogens is 2. The Morgan fingerprint density at radius 3 is 2.64 bits per heavy atom. The maximum Gasteiger partial charge on any atom is 0.259 e. The van der Waals surface area contributed by atoms with Gasteiger partial charge in [-0.2, -0.15) is 0 Å². The molecule has 7 nitrogen and oxygen atoms in total. The van der Waals surface area contributed by atoms with Gasteiger partial charge in [0.25, 0.3) is 11.6 Å². The molecule has 4 aromatic rings. The van der Waals surface area contributed by atoms with Gasteiger partial charge in [0.05, 0.1) is 22.9 Å². The highest BCUT2D eigenvalue weighted by atomic mass is 16.5. The minimum atomic E-state index is -0.219. The number of aryl methyl sites for hydroxylation is 1. The van der Waals surface area contributed by atoms with Crippen LogP contribution in [0.1, 0.15) is 21.6 Å². The Balaban J connectivity index is 1.62. The van der Waals surface area contributed by atoms with Gasteiger partial charge in [0.2, 0.25) is 0 Å². The highest BCUT2D eigenvalue weighted by molar-refractivity contribution is 6.06. The monoisotopic (exact) mass is 376 g/mol. The zero-order valence-corrected chi connectivity index (χ0v) is 15.9. The van der Waals surface area contributed by atoms with E-state index in [1.165, 1.54) is 0 Å². The predicted octanol–water partition coefficient (Wildman–Crippen LogP) is 3.79. The molecule has 0 saturated heterocycles. The molecule has 7 heteroatoms. The van der Waals surface area contributed by atoms with Crippen molar-refractivity contribution in [2.24, 2.45) is 0 Å². The molecule has 0 aliphatic rings. The van der Waals surface area contributed by atoms with Crippen LogP contribution < -0.4 is 10.2 Å². The minimum Gasteiger partial charge on any atom is -0.463 e. The molecule has 0 spiro atoms. The molecule has 0 bridgehead atoms. The Morgan fingerprint density at radius 1 is 1.18 bits per heavy atom. The quantitative estimate of drug-likeness (QED) is 0.570. The molecule has 4 rings (SSSR count). The number of amides is 1. The summed E-state index contributed by atoms with van der Waals surface area (Å²) in [6.45, 7) is 2.20. The Labute approximate surface area is 162 Å². The van der Waals surface area contributed by atoms with Crippen molar-refractivity contribution in [1.29, 1.82) is 0 Å². The van der Waals surface area contributed by atoms with Crippen molar-refractivity contribution in [3.8, 4) is 11.5 Å². The molecule has 3 heterocycles. The summed E-state index contributed by atoms with van der Waals surface area (Å²) in [6.07, 6.45) is 1.56. The van der Waals surface area contributed by atoms with E-state index in [9.17, 15) is 4.79 Å². The van der Waals surface area contributed by atoms with E-state index in [4.69, 9.17) is 8.94 Å². The van der Waals surface area contributed by atoms with Crippen LogP contribution in [0.15, 0.2) is 57.7 Å². The van der Waals surface area contributed by atoms with Gasteiger partial charge in [-0.15, -0.1) is 0 Å². The summed E-state index contributed by atoms with van der Waals surface area (Å²) < 4.78 is 10.7. The molecular weight excluding hydrogens is 356 g/mol. The summed E-state index contributed by atoms with van der Waals surface area (Å²) in [5.74, 6) is 0.340. The van der Waals surface area contributed by atoms with Crippen LogP contribution in [-0.4, -0.2) is 30.1 Å². The average molecular weight is 376 g/mol. The maximum absolute atomic E-state index is 12.9. The number of hydrogen-bond donors (Lipinski definition) is 1. The lowest BCUT2D eigenvalue weighted by Gasteiger charge is -2.13. The topological polar surface area (TPSA) is 84.4 Å². The van der Waals surface area contributed by atoms with Crippen molar-refractivity contribution < 1.29 is 13.7 Å². The predicted molar refractivity (Wildman–Crippen MR) is 106 cm³/mol. The molecule has 0 unspecified atom stereocenters. The van der Waals surface area contributed by atoms with E-state index in [0.29, 0.717) is 40.4 Å². The van der Waals surface area contributed by atoms with Gasteiger partial charge in [-0.1, -0.05) is 17.3 Å². The van der Waals surface area contributed by atoms with Crippen molar-refractivity contribution in [2.75, 3.05) is 19.0 Å². The third-order valence-corrected chi connectivity index (χ3v) is 4.54. The lowest BCUT2D eigenvalue weighted by molar-refractivity contribution is 0.0952. The first-order valence-electron chi connectivity index (χ1n) is 8.88. The van der Waals surface area contributed by atoms with E-state index < -0.39 is 0 Å². The van der Waals surface area contributed by atoms with Crippen LogP contribution in [0.3, 0.4) is 0 Å². The van der Waals surface area contributed by atoms with E-state index >= 15 is 0 Å². The van der Waals surface area contributed by atoms with Crippen molar-refractivity contribution in [3.05, 3.63) is 65.5 Å². The van der Waals surface area contributed by atoms with Crippen molar-refractivity contribution >= 4 is 22.7 Å². The number of nitrogens with one attached hydrogen (secondary N) is 1. The van der Waals surface area contributed by atoms with Crippen LogP contribution in [0.5, 0.6) is 0 Å². The number of carbonyl (C=O) groups is 1. The van der Waals surface area contributed by atoms with Gasteiger partial charge in [-0.3, -0.25) is 4.79 Å². The van der Waals surface area contributed by atoms with Crippen LogP contribution in [0.25, 0.3) is 22.6 Å². The third kappa shape index (κ3) is 3.34. The molecule has 0 aliphatic heterocycles. The molecule has 28 heavy (non-hydrogen) atoms. The zero-order valence-electron chi connectivity index (χ0n) is 15.9. The maximum atomic E-state index is 12.9. The Bertz CT molecular complexity index is 1110. The molecule has 0 saturated carbocycles. The summed E-state index contributed by atoms with van der Waals surface area (Å²) in [5, 5.41) is 7.53. The summed E-state index contributed by atoms with van der Waals surface area (Å²) in [5.41, 5.74) is 4.03. The lowest BCUT2D eigenvalue weighted by Crippen LogP contribution is -2.23. The number of nitrogens with zero attached hydrogens (tertiary/aromatic N) is 3. The second-order valence-corrected chi connectivity index (χ2v) is 6.72. The largest absolute Gasteiger partial charge is 0.463 e. The van der Waals surface area contributed by atoms with Crippen molar-refractivity contribution in [3.63, 3.8) is 0 Å². The number of carbonyl (C=O) groups excluding carboxylic acids is 1. The van der Waals surface area contributed by atoms with Crippen LogP contribution in [-0.2, 0) is 6.54 Å². The summed E-state index contributed by atoms with van der Waals surface area (Å²) >= 11 is 0. The van der Waals surface area contributed by atoms with Gasteiger partial charge in [0.1, 0.15) is 5.69 Å². The highest BCUT2D eigenvalue weighted by Crippen LogP contribution is 2.27. The second kappa shape index (κ2) is 7.19. The zero-order chi connectivity index (χ0) is 19.7. The van der Waals surface area contributed by atoms with Crippen LogP contribution in [0.2, 0.25) is 0 Å². The number of furan rings is 1. The first kappa shape index (κ1) is 17.8. The molecule has 1 aromatic carbocycles. The van der Waals surface area contributed by atoms with Gasteiger partial charge in [-0.25, -0.2) is 4.98 Å². The Kier molecular flexibility index (Phi) is 4.57. The van der Waals surface area contributed by atoms with Gasteiger partial charge in [-0.05, 0) is 42.8 Å². The fraction of sp³-hybridized carbons (Fsp3) is 0.190. The van der Waals surface area contributed by atoms with Gasteiger partial charge < -0.3 is 19.2 Å². The molecule has 3 aromatic heterocycles. The van der Waals surface area contributed by atoms with E-state index in [1.807, 2.05) is 43.3 Å². The van der Waals surface area contributed by atoms with E-state index in [0.717, 1.165) is 11.3 Å². The number of hydrogen-bond acceptors (Lipinski definition) is 6. The summed E-state index contributed by atoms with van der Waals surface area (Å²) in [7, 11) is 3.98. The third-order valence-electron chi connectivity index (χ3n) is 4.54. The summed E-state index contributed by atoms with van der Waals surface area (Å²) in [6, 6.07) is 13.3. The summed E-state index contributed by atoms with van der Waals surface area (Å²) in [4.78, 5) is 19.4. The molecule has 0 atom stereocenters. The first-order valence-corrected chi connectivity index (χ1v) is 8.88. The molecular formula is C21H20N4O3. The van der Waals surface area contributed by atoms with E-state index in [-0.39, 0.29) is 5.91 Å². The van der Waals surface area contributed by atoms with Crippen LogP contribution in [0, 0.1) is 6.92 Å². The Hall–Kier alpha value is -3.61. The minimum absolute atomic E-state index is 0.219. The number of pyridine rings is 1. The number of anilines is 1. The molecule has 0 aliphatic carbocycles. The number of benzene rings is 1. The van der Waals surface area contributed by atoms with Crippen LogP contribution >= 0.6 is 0 Å². The smallest absolute Gasteiger partial charge is 0.259 e. The van der Waals surface area contributed by atoms with Crippen molar-refractivity contribution in [2.45, 2.75) is 13.5 Å². The Morgan fingerprint density at radius 2 is 1.96 bits per heavy atom. The highest BCUT2D eigenvalue weighted by Gasteiger charge is 2.20. The average Bonchev–Trinajstić information content (AvgIpc) is 3.36. The van der Waals surface area contributed by atoms with Crippen LogP contribution in [0.4, 0.5) is 5.69 Å². The number of rotatable bonds is 5. The van der Waals surface area contributed by atoms with E-state index in [2.05, 4.69) is 15.5 Å². The molecule has 0 radical (unpaired) electrons. The molecule has 0 fully saturated rings. The van der Waals surface area contributed by atoms with Gasteiger partial charge in [0, 0.05) is 26.3 Å². The SMILES string of the molecule is Cc1noc2nc(-c3ccco3)cc(C(=O)NCc3ccc(N(C)C)cc3)c12. The van der Waals surface area contributed by atoms with E-state index in [1.54, 1.807) is 31.4 Å². The van der Waals surface area contributed by atoms with Gasteiger partial charge in [0.15, 0.2) is 5.76 Å². The second-order valence-electron chi connectivity index (χ2n) is 6.72. The first-order chi connectivity index (χ1) is 13.5.